The number of hydrogen-bond acceptors (Lipinski definition) is 3. The molecule has 104 valence electrons. The molecule has 1 fully saturated rings. The molecule has 1 rings (SSSR count). The number of likely N-dealkylation sites (tertiary alicyclic amines) is 1. The van der Waals surface area contributed by atoms with Crippen LogP contribution in [0.3, 0.4) is 0 Å². The van der Waals surface area contributed by atoms with Crippen LogP contribution in [0.25, 0.3) is 0 Å². The molecule has 0 saturated carbocycles. The fourth-order valence-corrected chi connectivity index (χ4v) is 2.24. The van der Waals surface area contributed by atoms with Crippen molar-refractivity contribution in [3.05, 3.63) is 0 Å². The van der Waals surface area contributed by atoms with E-state index >= 15 is 0 Å². The third kappa shape index (κ3) is 3.60. The first-order valence-corrected chi connectivity index (χ1v) is 6.22. The predicted octanol–water partition coefficient (Wildman–Crippen LogP) is 0.395. The number of carboxylic acids is 1. The maximum absolute atomic E-state index is 12.0. The van der Waals surface area contributed by atoms with Crippen LogP contribution in [0.1, 0.15) is 13.3 Å². The van der Waals surface area contributed by atoms with Crippen LogP contribution in [0.2, 0.25) is 0 Å². The number of carbonyl (C=O) groups excluding carboxylic acids is 1. The molecule has 0 bridgehead atoms. The Bertz CT molecular complexity index is 322. The van der Waals surface area contributed by atoms with Crippen LogP contribution in [-0.2, 0) is 4.79 Å². The predicted molar refractivity (Wildman–Crippen MR) is 68.5 cm³/mol. The molecule has 1 N–H and O–H groups in total. The topological polar surface area (TPSA) is 64.1 Å². The standard InChI is InChI=1S/C12H23N3O3/c1-9(11(16)17)15(4)12(18)14(3)8-10-5-6-13(2)7-10/h9-10H,5-8H2,1-4H3,(H,16,17). The van der Waals surface area contributed by atoms with Gasteiger partial charge in [0.15, 0.2) is 0 Å². The summed E-state index contributed by atoms with van der Waals surface area (Å²) in [5.41, 5.74) is 0. The highest BCUT2D eigenvalue weighted by Crippen LogP contribution is 2.15. The van der Waals surface area contributed by atoms with Crippen molar-refractivity contribution in [2.45, 2.75) is 19.4 Å². The summed E-state index contributed by atoms with van der Waals surface area (Å²) in [6, 6.07) is -1.04. The molecule has 1 heterocycles. The van der Waals surface area contributed by atoms with E-state index in [1.54, 1.807) is 11.9 Å². The van der Waals surface area contributed by atoms with Crippen LogP contribution in [0.15, 0.2) is 0 Å². The molecule has 0 radical (unpaired) electrons. The number of carbonyl (C=O) groups is 2. The summed E-state index contributed by atoms with van der Waals surface area (Å²) in [5.74, 6) is -0.502. The Labute approximate surface area is 108 Å². The third-order valence-electron chi connectivity index (χ3n) is 3.59. The van der Waals surface area contributed by atoms with E-state index in [2.05, 4.69) is 11.9 Å². The summed E-state index contributed by atoms with van der Waals surface area (Å²) in [6.07, 6.45) is 1.09. The molecule has 18 heavy (non-hydrogen) atoms. The highest BCUT2D eigenvalue weighted by molar-refractivity contribution is 5.82. The number of nitrogens with zero attached hydrogens (tertiary/aromatic N) is 3. The molecule has 0 aromatic heterocycles. The Morgan fingerprint density at radius 3 is 2.50 bits per heavy atom. The molecular formula is C12H23N3O3. The lowest BCUT2D eigenvalue weighted by Gasteiger charge is -2.29. The number of aliphatic carboxylic acids is 1. The Morgan fingerprint density at radius 2 is 2.06 bits per heavy atom. The lowest BCUT2D eigenvalue weighted by atomic mass is 10.1. The maximum Gasteiger partial charge on any atom is 0.326 e. The second kappa shape index (κ2) is 6.04. The molecule has 0 aromatic rings. The van der Waals surface area contributed by atoms with Gasteiger partial charge in [-0.2, -0.15) is 0 Å². The van der Waals surface area contributed by atoms with Gasteiger partial charge in [-0.25, -0.2) is 9.59 Å². The Kier molecular flexibility index (Phi) is 4.95. The summed E-state index contributed by atoms with van der Waals surface area (Å²) >= 11 is 0. The van der Waals surface area contributed by atoms with Gasteiger partial charge in [-0.1, -0.05) is 0 Å². The van der Waals surface area contributed by atoms with E-state index in [-0.39, 0.29) is 6.03 Å². The van der Waals surface area contributed by atoms with E-state index in [0.717, 1.165) is 19.5 Å². The first kappa shape index (κ1) is 14.8. The van der Waals surface area contributed by atoms with Gasteiger partial charge in [0.05, 0.1) is 0 Å². The van der Waals surface area contributed by atoms with E-state index in [0.29, 0.717) is 12.5 Å². The number of urea groups is 1. The maximum atomic E-state index is 12.0. The van der Waals surface area contributed by atoms with Crippen LogP contribution < -0.4 is 0 Å². The molecule has 1 aliphatic heterocycles. The minimum atomic E-state index is -0.986. The van der Waals surface area contributed by atoms with Gasteiger partial charge in [0.25, 0.3) is 0 Å². The van der Waals surface area contributed by atoms with E-state index < -0.39 is 12.0 Å². The quantitative estimate of drug-likeness (QED) is 0.791. The average Bonchev–Trinajstić information content (AvgIpc) is 2.71. The van der Waals surface area contributed by atoms with Gasteiger partial charge in [0.1, 0.15) is 6.04 Å². The van der Waals surface area contributed by atoms with Crippen molar-refractivity contribution in [2.24, 2.45) is 5.92 Å². The zero-order valence-corrected chi connectivity index (χ0v) is 11.6. The molecule has 2 atom stereocenters. The normalized spacial score (nSPS) is 21.7. The van der Waals surface area contributed by atoms with Crippen molar-refractivity contribution in [1.82, 2.24) is 14.7 Å². The summed E-state index contributed by atoms with van der Waals surface area (Å²) in [6.45, 7) is 4.25. The molecule has 6 nitrogen and oxygen atoms in total. The molecule has 0 aromatic carbocycles. The number of likely N-dealkylation sites (N-methyl/N-ethyl adjacent to an activating group) is 1. The molecular weight excluding hydrogens is 234 g/mol. The Balaban J connectivity index is 2.48. The van der Waals surface area contributed by atoms with Crippen molar-refractivity contribution in [3.8, 4) is 0 Å². The van der Waals surface area contributed by atoms with Gasteiger partial charge < -0.3 is 19.8 Å². The molecule has 2 unspecified atom stereocenters. The summed E-state index contributed by atoms with van der Waals surface area (Å²) in [4.78, 5) is 28.0. The van der Waals surface area contributed by atoms with Gasteiger partial charge >= 0.3 is 12.0 Å². The number of hydrogen-bond donors (Lipinski definition) is 1. The molecule has 6 heteroatoms. The lowest BCUT2D eigenvalue weighted by molar-refractivity contribution is -0.141. The largest absolute Gasteiger partial charge is 0.480 e. The monoisotopic (exact) mass is 257 g/mol. The van der Waals surface area contributed by atoms with Gasteiger partial charge in [0, 0.05) is 27.2 Å². The second-order valence-corrected chi connectivity index (χ2v) is 5.21. The average molecular weight is 257 g/mol. The van der Waals surface area contributed by atoms with Crippen molar-refractivity contribution in [2.75, 3.05) is 40.8 Å². The third-order valence-corrected chi connectivity index (χ3v) is 3.59. The lowest BCUT2D eigenvalue weighted by Crippen LogP contribution is -2.47. The summed E-state index contributed by atoms with van der Waals surface area (Å²) in [5, 5.41) is 8.88. The van der Waals surface area contributed by atoms with Crippen LogP contribution in [0.5, 0.6) is 0 Å². The van der Waals surface area contributed by atoms with E-state index in [4.69, 9.17) is 5.11 Å². The van der Waals surface area contributed by atoms with Gasteiger partial charge in [0.2, 0.25) is 0 Å². The number of carboxylic acid groups (broad SMARTS) is 1. The zero-order chi connectivity index (χ0) is 13.9. The SMILES string of the molecule is CC(C(=O)O)N(C)C(=O)N(C)CC1CCN(C)C1. The van der Waals surface area contributed by atoms with Gasteiger partial charge in [-0.05, 0) is 32.9 Å². The fraction of sp³-hybridized carbons (Fsp3) is 0.833. The van der Waals surface area contributed by atoms with Crippen LogP contribution >= 0.6 is 0 Å². The van der Waals surface area contributed by atoms with Crippen LogP contribution in [-0.4, -0.2) is 78.6 Å². The van der Waals surface area contributed by atoms with E-state index in [1.807, 2.05) is 0 Å². The molecule has 1 aliphatic rings. The van der Waals surface area contributed by atoms with E-state index in [1.165, 1.54) is 18.9 Å². The van der Waals surface area contributed by atoms with Crippen LogP contribution in [0.4, 0.5) is 4.79 Å². The number of amides is 2. The highest BCUT2D eigenvalue weighted by atomic mass is 16.4. The fourth-order valence-electron chi connectivity index (χ4n) is 2.24. The molecule has 0 aliphatic carbocycles. The highest BCUT2D eigenvalue weighted by Gasteiger charge is 2.27. The zero-order valence-electron chi connectivity index (χ0n) is 11.6. The smallest absolute Gasteiger partial charge is 0.326 e. The van der Waals surface area contributed by atoms with Crippen molar-refractivity contribution in [1.29, 1.82) is 0 Å². The molecule has 1 saturated heterocycles. The van der Waals surface area contributed by atoms with E-state index in [9.17, 15) is 9.59 Å². The van der Waals surface area contributed by atoms with Gasteiger partial charge in [-0.15, -0.1) is 0 Å². The first-order valence-electron chi connectivity index (χ1n) is 6.22. The second-order valence-electron chi connectivity index (χ2n) is 5.21. The van der Waals surface area contributed by atoms with Crippen molar-refractivity contribution >= 4 is 12.0 Å². The van der Waals surface area contributed by atoms with Crippen molar-refractivity contribution < 1.29 is 14.7 Å². The Hall–Kier alpha value is -1.30. The van der Waals surface area contributed by atoms with Crippen molar-refractivity contribution in [3.63, 3.8) is 0 Å². The van der Waals surface area contributed by atoms with Gasteiger partial charge in [-0.3, -0.25) is 0 Å². The summed E-state index contributed by atoms with van der Waals surface area (Å²) < 4.78 is 0. The molecule has 2 amide bonds. The Morgan fingerprint density at radius 1 is 1.44 bits per heavy atom. The number of rotatable bonds is 4. The molecule has 0 spiro atoms. The first-order chi connectivity index (χ1) is 8.32. The minimum Gasteiger partial charge on any atom is -0.480 e. The van der Waals surface area contributed by atoms with Crippen LogP contribution in [0, 0.1) is 5.92 Å². The summed E-state index contributed by atoms with van der Waals surface area (Å²) in [7, 11) is 5.32. The minimum absolute atomic E-state index is 0.237.